The van der Waals surface area contributed by atoms with Crippen LogP contribution < -0.4 is 0 Å². The maximum atomic E-state index is 10.9. The number of hydrogen-bond acceptors (Lipinski definition) is 3. The van der Waals surface area contributed by atoms with Gasteiger partial charge >= 0.3 is 5.97 Å². The van der Waals surface area contributed by atoms with E-state index in [-0.39, 0.29) is 5.97 Å². The molecule has 3 heteroatoms. The Morgan fingerprint density at radius 1 is 1.47 bits per heavy atom. The molecule has 82 valence electrons. The first-order valence-electron chi connectivity index (χ1n) is 4.99. The topological polar surface area (TPSA) is 46.5 Å². The van der Waals surface area contributed by atoms with Crippen LogP contribution in [-0.4, -0.2) is 18.2 Å². The molecular formula is C12H16O3. The fraction of sp³-hybridized carbons (Fsp3) is 0.417. The van der Waals surface area contributed by atoms with Crippen molar-refractivity contribution in [1.29, 1.82) is 0 Å². The van der Waals surface area contributed by atoms with Gasteiger partial charge in [0.2, 0.25) is 0 Å². The van der Waals surface area contributed by atoms with E-state index in [2.05, 4.69) is 4.74 Å². The average Bonchev–Trinajstić information content (AvgIpc) is 2.23. The van der Waals surface area contributed by atoms with Crippen LogP contribution >= 0.6 is 0 Å². The number of phenols is 1. The predicted octanol–water partition coefficient (Wildman–Crippen LogP) is 2.20. The van der Waals surface area contributed by atoms with Gasteiger partial charge in [-0.05, 0) is 37.0 Å². The molecule has 0 heterocycles. The zero-order valence-corrected chi connectivity index (χ0v) is 9.12. The van der Waals surface area contributed by atoms with Crippen molar-refractivity contribution in [3.63, 3.8) is 0 Å². The molecule has 0 amide bonds. The largest absolute Gasteiger partial charge is 0.508 e. The monoisotopic (exact) mass is 208 g/mol. The highest BCUT2D eigenvalue weighted by molar-refractivity contribution is 5.69. The lowest BCUT2D eigenvalue weighted by Crippen LogP contribution is -2.00. The first-order chi connectivity index (χ1) is 7.13. The number of phenolic OH excluding ortho intramolecular Hbond substituents is 1. The van der Waals surface area contributed by atoms with E-state index in [9.17, 15) is 9.90 Å². The highest BCUT2D eigenvalue weighted by Crippen LogP contribution is 2.18. The second kappa shape index (κ2) is 5.39. The second-order valence-electron chi connectivity index (χ2n) is 3.55. The summed E-state index contributed by atoms with van der Waals surface area (Å²) in [7, 11) is 1.40. The van der Waals surface area contributed by atoms with E-state index in [4.69, 9.17) is 0 Å². The molecule has 0 saturated heterocycles. The number of hydrogen-bond donors (Lipinski definition) is 1. The summed E-state index contributed by atoms with van der Waals surface area (Å²) in [6.45, 7) is 1.86. The first kappa shape index (κ1) is 11.6. The first-order valence-corrected chi connectivity index (χ1v) is 4.99. The molecule has 0 radical (unpaired) electrons. The van der Waals surface area contributed by atoms with Gasteiger partial charge in [-0.25, -0.2) is 0 Å². The van der Waals surface area contributed by atoms with Gasteiger partial charge in [-0.15, -0.1) is 0 Å². The zero-order valence-electron chi connectivity index (χ0n) is 9.12. The SMILES string of the molecule is COC(=O)CCCc1ccc(O)c(C)c1. The number of esters is 1. The van der Waals surface area contributed by atoms with Crippen LogP contribution in [0, 0.1) is 6.92 Å². The Hall–Kier alpha value is -1.51. The van der Waals surface area contributed by atoms with Crippen LogP contribution in [0.4, 0.5) is 0 Å². The van der Waals surface area contributed by atoms with Gasteiger partial charge in [0.15, 0.2) is 0 Å². The van der Waals surface area contributed by atoms with Gasteiger partial charge in [-0.1, -0.05) is 12.1 Å². The molecule has 0 aliphatic carbocycles. The molecule has 0 spiro atoms. The third kappa shape index (κ3) is 3.62. The Balaban J connectivity index is 2.44. The smallest absolute Gasteiger partial charge is 0.305 e. The van der Waals surface area contributed by atoms with Gasteiger partial charge in [0.1, 0.15) is 5.75 Å². The number of ether oxygens (including phenoxy) is 1. The predicted molar refractivity (Wildman–Crippen MR) is 57.8 cm³/mol. The normalized spacial score (nSPS) is 10.0. The van der Waals surface area contributed by atoms with E-state index in [1.54, 1.807) is 6.07 Å². The van der Waals surface area contributed by atoms with Gasteiger partial charge < -0.3 is 9.84 Å². The third-order valence-corrected chi connectivity index (χ3v) is 2.34. The van der Waals surface area contributed by atoms with Crippen molar-refractivity contribution in [2.45, 2.75) is 26.2 Å². The van der Waals surface area contributed by atoms with E-state index in [0.717, 1.165) is 24.0 Å². The molecule has 0 aliphatic rings. The number of carbonyl (C=O) groups is 1. The molecule has 1 N–H and O–H groups in total. The standard InChI is InChI=1S/C12H16O3/c1-9-8-10(6-7-11(9)13)4-3-5-12(14)15-2/h6-8,13H,3-5H2,1-2H3. The van der Waals surface area contributed by atoms with Crippen LogP contribution in [0.25, 0.3) is 0 Å². The van der Waals surface area contributed by atoms with Crippen LogP contribution in [0.3, 0.4) is 0 Å². The van der Waals surface area contributed by atoms with Gasteiger partial charge in [-0.3, -0.25) is 4.79 Å². The van der Waals surface area contributed by atoms with Crippen molar-refractivity contribution in [2.24, 2.45) is 0 Å². The van der Waals surface area contributed by atoms with Crippen molar-refractivity contribution >= 4 is 5.97 Å². The Morgan fingerprint density at radius 3 is 2.80 bits per heavy atom. The second-order valence-corrected chi connectivity index (χ2v) is 3.55. The minimum atomic E-state index is -0.175. The van der Waals surface area contributed by atoms with Crippen molar-refractivity contribution in [3.05, 3.63) is 29.3 Å². The van der Waals surface area contributed by atoms with E-state index >= 15 is 0 Å². The Bertz CT molecular complexity index is 345. The van der Waals surface area contributed by atoms with Crippen LogP contribution in [0.2, 0.25) is 0 Å². The maximum Gasteiger partial charge on any atom is 0.305 e. The van der Waals surface area contributed by atoms with Crippen molar-refractivity contribution in [3.8, 4) is 5.75 Å². The minimum Gasteiger partial charge on any atom is -0.508 e. The molecule has 0 saturated carbocycles. The van der Waals surface area contributed by atoms with Gasteiger partial charge in [0, 0.05) is 6.42 Å². The fourth-order valence-electron chi connectivity index (χ4n) is 1.41. The lowest BCUT2D eigenvalue weighted by Gasteiger charge is -2.03. The molecule has 1 aromatic carbocycles. The molecule has 3 nitrogen and oxygen atoms in total. The number of aryl methyl sites for hydroxylation is 2. The molecular weight excluding hydrogens is 192 g/mol. The summed E-state index contributed by atoms with van der Waals surface area (Å²) in [4.78, 5) is 10.9. The molecule has 0 atom stereocenters. The van der Waals surface area contributed by atoms with Crippen LogP contribution in [0.15, 0.2) is 18.2 Å². The van der Waals surface area contributed by atoms with Gasteiger partial charge in [0.25, 0.3) is 0 Å². The lowest BCUT2D eigenvalue weighted by atomic mass is 10.1. The number of carbonyl (C=O) groups excluding carboxylic acids is 1. The summed E-state index contributed by atoms with van der Waals surface area (Å²) < 4.78 is 4.55. The Labute approximate surface area is 89.7 Å². The van der Waals surface area contributed by atoms with Crippen molar-refractivity contribution in [2.75, 3.05) is 7.11 Å². The molecule has 15 heavy (non-hydrogen) atoms. The minimum absolute atomic E-state index is 0.175. The highest BCUT2D eigenvalue weighted by atomic mass is 16.5. The highest BCUT2D eigenvalue weighted by Gasteiger charge is 2.02. The fourth-order valence-corrected chi connectivity index (χ4v) is 1.41. The molecule has 0 fully saturated rings. The molecule has 0 aromatic heterocycles. The molecule has 1 rings (SSSR count). The summed E-state index contributed by atoms with van der Waals surface area (Å²) in [5, 5.41) is 9.32. The van der Waals surface area contributed by atoms with Crippen LogP contribution in [-0.2, 0) is 16.0 Å². The van der Waals surface area contributed by atoms with Crippen LogP contribution in [0.5, 0.6) is 5.75 Å². The van der Waals surface area contributed by atoms with Gasteiger partial charge in [0.05, 0.1) is 7.11 Å². The summed E-state index contributed by atoms with van der Waals surface area (Å²) >= 11 is 0. The summed E-state index contributed by atoms with van der Waals surface area (Å²) in [5.74, 6) is 0.136. The summed E-state index contributed by atoms with van der Waals surface area (Å²) in [6.07, 6.45) is 2.05. The summed E-state index contributed by atoms with van der Waals surface area (Å²) in [5.41, 5.74) is 2.00. The van der Waals surface area contributed by atoms with E-state index < -0.39 is 0 Å². The van der Waals surface area contributed by atoms with Gasteiger partial charge in [-0.2, -0.15) is 0 Å². The van der Waals surface area contributed by atoms with E-state index in [1.165, 1.54) is 7.11 Å². The maximum absolute atomic E-state index is 10.9. The number of aromatic hydroxyl groups is 1. The number of rotatable bonds is 4. The molecule has 0 aliphatic heterocycles. The quantitative estimate of drug-likeness (QED) is 0.771. The Kier molecular flexibility index (Phi) is 4.16. The van der Waals surface area contributed by atoms with Crippen molar-refractivity contribution < 1.29 is 14.6 Å². The molecule has 0 unspecified atom stereocenters. The van der Waals surface area contributed by atoms with E-state index in [1.807, 2.05) is 19.1 Å². The summed E-state index contributed by atoms with van der Waals surface area (Å²) in [6, 6.07) is 5.50. The number of methoxy groups -OCH3 is 1. The lowest BCUT2D eigenvalue weighted by molar-refractivity contribution is -0.140. The Morgan fingerprint density at radius 2 is 2.20 bits per heavy atom. The van der Waals surface area contributed by atoms with Crippen LogP contribution in [0.1, 0.15) is 24.0 Å². The third-order valence-electron chi connectivity index (χ3n) is 2.34. The van der Waals surface area contributed by atoms with Crippen molar-refractivity contribution in [1.82, 2.24) is 0 Å². The zero-order chi connectivity index (χ0) is 11.3. The average molecular weight is 208 g/mol. The van der Waals surface area contributed by atoms with E-state index in [0.29, 0.717) is 12.2 Å². The molecule has 0 bridgehead atoms. The molecule has 1 aromatic rings. The number of benzene rings is 1.